The van der Waals surface area contributed by atoms with E-state index >= 15 is 0 Å². The topological polar surface area (TPSA) is 28.2 Å². The second kappa shape index (κ2) is 5.91. The van der Waals surface area contributed by atoms with Crippen molar-refractivity contribution in [3.63, 3.8) is 0 Å². The molecule has 1 fully saturated rings. The molecule has 0 spiro atoms. The summed E-state index contributed by atoms with van der Waals surface area (Å²) in [5.41, 5.74) is 1.27. The molecule has 1 aromatic heterocycles. The Morgan fingerprint density at radius 2 is 2.16 bits per heavy atom. The van der Waals surface area contributed by atoms with Gasteiger partial charge in [-0.1, -0.05) is 19.4 Å². The summed E-state index contributed by atoms with van der Waals surface area (Å²) in [4.78, 5) is 7.22. The quantitative estimate of drug-likeness (QED) is 0.902. The lowest BCUT2D eigenvalue weighted by Gasteiger charge is -2.21. The van der Waals surface area contributed by atoms with Crippen LogP contribution in [0.25, 0.3) is 0 Å². The predicted molar refractivity (Wildman–Crippen MR) is 81.4 cm³/mol. The SMILES string of the molecule is CCC1CCN(c2cccc(CNC(C)(C)C)n2)C1. The summed E-state index contributed by atoms with van der Waals surface area (Å²) >= 11 is 0. The number of hydrogen-bond acceptors (Lipinski definition) is 3. The van der Waals surface area contributed by atoms with Gasteiger partial charge in [0.25, 0.3) is 0 Å². The highest BCUT2D eigenvalue weighted by Gasteiger charge is 2.22. The smallest absolute Gasteiger partial charge is 0.128 e. The fourth-order valence-corrected chi connectivity index (χ4v) is 2.47. The lowest BCUT2D eigenvalue weighted by Crippen LogP contribution is -2.35. The molecule has 1 N–H and O–H groups in total. The van der Waals surface area contributed by atoms with Crippen molar-refractivity contribution in [2.45, 2.75) is 52.6 Å². The van der Waals surface area contributed by atoms with Gasteiger partial charge in [-0.15, -0.1) is 0 Å². The molecule has 2 heterocycles. The second-order valence-electron chi connectivity index (χ2n) is 6.60. The molecular weight excluding hydrogens is 234 g/mol. The maximum absolute atomic E-state index is 4.79. The van der Waals surface area contributed by atoms with E-state index in [1.54, 1.807) is 0 Å². The van der Waals surface area contributed by atoms with Gasteiger partial charge in [-0.3, -0.25) is 0 Å². The highest BCUT2D eigenvalue weighted by Crippen LogP contribution is 2.24. The van der Waals surface area contributed by atoms with Crippen molar-refractivity contribution in [2.75, 3.05) is 18.0 Å². The van der Waals surface area contributed by atoms with Crippen LogP contribution in [0.1, 0.15) is 46.2 Å². The van der Waals surface area contributed by atoms with Gasteiger partial charge in [0.2, 0.25) is 0 Å². The van der Waals surface area contributed by atoms with Crippen molar-refractivity contribution in [2.24, 2.45) is 5.92 Å². The summed E-state index contributed by atoms with van der Waals surface area (Å²) in [7, 11) is 0. The van der Waals surface area contributed by atoms with Crippen molar-refractivity contribution in [1.29, 1.82) is 0 Å². The van der Waals surface area contributed by atoms with Crippen molar-refractivity contribution in [3.05, 3.63) is 23.9 Å². The molecule has 0 aromatic carbocycles. The van der Waals surface area contributed by atoms with E-state index in [1.807, 2.05) is 0 Å². The van der Waals surface area contributed by atoms with Crippen LogP contribution in [0.5, 0.6) is 0 Å². The third-order valence-corrected chi connectivity index (χ3v) is 3.78. The van der Waals surface area contributed by atoms with Crippen molar-refractivity contribution in [3.8, 4) is 0 Å². The van der Waals surface area contributed by atoms with Gasteiger partial charge in [0, 0.05) is 25.2 Å². The van der Waals surface area contributed by atoms with E-state index in [9.17, 15) is 0 Å². The normalized spacial score (nSPS) is 20.0. The molecule has 1 atom stereocenters. The number of rotatable bonds is 4. The van der Waals surface area contributed by atoms with Gasteiger partial charge < -0.3 is 10.2 Å². The summed E-state index contributed by atoms with van der Waals surface area (Å²) in [5, 5.41) is 3.49. The molecule has 0 aliphatic carbocycles. The summed E-state index contributed by atoms with van der Waals surface area (Å²) in [6.45, 7) is 12.0. The van der Waals surface area contributed by atoms with Crippen LogP contribution in [0.4, 0.5) is 5.82 Å². The number of aromatic nitrogens is 1. The van der Waals surface area contributed by atoms with Crippen LogP contribution in [0, 0.1) is 5.92 Å². The molecule has 1 aliphatic rings. The lowest BCUT2D eigenvalue weighted by atomic mass is 10.1. The van der Waals surface area contributed by atoms with Crippen molar-refractivity contribution >= 4 is 5.82 Å². The first kappa shape index (κ1) is 14.3. The third kappa shape index (κ3) is 4.20. The van der Waals surface area contributed by atoms with Gasteiger partial charge in [0.1, 0.15) is 5.82 Å². The third-order valence-electron chi connectivity index (χ3n) is 3.78. The fourth-order valence-electron chi connectivity index (χ4n) is 2.47. The van der Waals surface area contributed by atoms with Crippen LogP contribution in [0.15, 0.2) is 18.2 Å². The Morgan fingerprint density at radius 3 is 2.79 bits per heavy atom. The highest BCUT2D eigenvalue weighted by atomic mass is 15.2. The monoisotopic (exact) mass is 261 g/mol. The van der Waals surface area contributed by atoms with Gasteiger partial charge in [0.05, 0.1) is 5.69 Å². The van der Waals surface area contributed by atoms with Crippen LogP contribution in [-0.4, -0.2) is 23.6 Å². The van der Waals surface area contributed by atoms with Gasteiger partial charge in [0.15, 0.2) is 0 Å². The summed E-state index contributed by atoms with van der Waals surface area (Å²) in [6, 6.07) is 6.37. The Hall–Kier alpha value is -1.09. The maximum atomic E-state index is 4.79. The molecule has 2 rings (SSSR count). The van der Waals surface area contributed by atoms with E-state index in [0.717, 1.165) is 30.5 Å². The molecule has 0 saturated carbocycles. The molecule has 3 nitrogen and oxygen atoms in total. The number of anilines is 1. The first-order chi connectivity index (χ1) is 8.98. The zero-order chi connectivity index (χ0) is 13.9. The van der Waals surface area contributed by atoms with Gasteiger partial charge >= 0.3 is 0 Å². The Balaban J connectivity index is 1.99. The molecule has 1 unspecified atom stereocenters. The Bertz CT molecular complexity index is 409. The molecular formula is C16H27N3. The van der Waals surface area contributed by atoms with Crippen LogP contribution >= 0.6 is 0 Å². The van der Waals surface area contributed by atoms with Crippen LogP contribution in [0.3, 0.4) is 0 Å². The molecule has 1 saturated heterocycles. The Kier molecular flexibility index (Phi) is 4.46. The molecule has 1 aliphatic heterocycles. The van der Waals surface area contributed by atoms with Crippen molar-refractivity contribution in [1.82, 2.24) is 10.3 Å². The predicted octanol–water partition coefficient (Wildman–Crippen LogP) is 3.21. The molecule has 19 heavy (non-hydrogen) atoms. The molecule has 3 heteroatoms. The molecule has 0 radical (unpaired) electrons. The fraction of sp³-hybridized carbons (Fsp3) is 0.688. The molecule has 106 valence electrons. The number of pyridine rings is 1. The first-order valence-corrected chi connectivity index (χ1v) is 7.44. The molecule has 1 aromatic rings. The van der Waals surface area contributed by atoms with E-state index in [-0.39, 0.29) is 5.54 Å². The largest absolute Gasteiger partial charge is 0.356 e. The van der Waals surface area contributed by atoms with Gasteiger partial charge in [-0.2, -0.15) is 0 Å². The van der Waals surface area contributed by atoms with Gasteiger partial charge in [-0.05, 0) is 45.2 Å². The Labute approximate surface area is 117 Å². The molecule has 0 bridgehead atoms. The standard InChI is InChI=1S/C16H27N3/c1-5-13-9-10-19(12-13)15-8-6-7-14(18-15)11-17-16(2,3)4/h6-8,13,17H,5,9-12H2,1-4H3. The molecule has 0 amide bonds. The van der Waals surface area contributed by atoms with E-state index in [1.165, 1.54) is 19.4 Å². The highest BCUT2D eigenvalue weighted by molar-refractivity contribution is 5.40. The summed E-state index contributed by atoms with van der Waals surface area (Å²) in [5.74, 6) is 1.99. The lowest BCUT2D eigenvalue weighted by molar-refractivity contribution is 0.421. The zero-order valence-corrected chi connectivity index (χ0v) is 12.7. The summed E-state index contributed by atoms with van der Waals surface area (Å²) in [6.07, 6.45) is 2.59. The van der Waals surface area contributed by atoms with Gasteiger partial charge in [-0.25, -0.2) is 4.98 Å². The van der Waals surface area contributed by atoms with Crippen LogP contribution < -0.4 is 10.2 Å². The number of nitrogens with one attached hydrogen (secondary N) is 1. The number of nitrogens with zero attached hydrogens (tertiary/aromatic N) is 2. The summed E-state index contributed by atoms with van der Waals surface area (Å²) < 4.78 is 0. The zero-order valence-electron chi connectivity index (χ0n) is 12.7. The van der Waals surface area contributed by atoms with Crippen molar-refractivity contribution < 1.29 is 0 Å². The van der Waals surface area contributed by atoms with E-state index in [0.29, 0.717) is 0 Å². The average molecular weight is 261 g/mol. The minimum absolute atomic E-state index is 0.138. The van der Waals surface area contributed by atoms with Crippen LogP contribution in [0.2, 0.25) is 0 Å². The maximum Gasteiger partial charge on any atom is 0.128 e. The van der Waals surface area contributed by atoms with E-state index in [2.05, 4.69) is 56.1 Å². The van der Waals surface area contributed by atoms with E-state index < -0.39 is 0 Å². The minimum atomic E-state index is 0.138. The number of hydrogen-bond donors (Lipinski definition) is 1. The Morgan fingerprint density at radius 1 is 1.37 bits per heavy atom. The first-order valence-electron chi connectivity index (χ1n) is 7.44. The minimum Gasteiger partial charge on any atom is -0.356 e. The van der Waals surface area contributed by atoms with E-state index in [4.69, 9.17) is 4.98 Å². The van der Waals surface area contributed by atoms with Crippen LogP contribution in [-0.2, 0) is 6.54 Å². The second-order valence-corrected chi connectivity index (χ2v) is 6.60. The average Bonchev–Trinajstić information content (AvgIpc) is 2.85.